The van der Waals surface area contributed by atoms with Crippen LogP contribution in [0.1, 0.15) is 43.1 Å². The summed E-state index contributed by atoms with van der Waals surface area (Å²) < 4.78 is 10.6. The van der Waals surface area contributed by atoms with Crippen LogP contribution in [-0.4, -0.2) is 72.2 Å². The second-order valence-electron chi connectivity index (χ2n) is 8.07. The zero-order valence-electron chi connectivity index (χ0n) is 17.9. The number of rotatable bonds is 7. The van der Waals surface area contributed by atoms with Crippen LogP contribution in [0.15, 0.2) is 28.8 Å². The summed E-state index contributed by atoms with van der Waals surface area (Å²) in [5, 5.41) is 4.00. The molecule has 0 unspecified atom stereocenters. The first-order chi connectivity index (χ1) is 14.6. The molecule has 1 aromatic heterocycles. The lowest BCUT2D eigenvalue weighted by Crippen LogP contribution is -2.35. The average molecular weight is 414 g/mol. The van der Waals surface area contributed by atoms with E-state index in [2.05, 4.69) is 32.1 Å². The fourth-order valence-electron chi connectivity index (χ4n) is 4.19. The van der Waals surface area contributed by atoms with Gasteiger partial charge in [0.25, 0.3) is 0 Å². The van der Waals surface area contributed by atoms with Gasteiger partial charge in [0, 0.05) is 45.4 Å². The Labute approximate surface area is 177 Å². The maximum atomic E-state index is 12.8. The Morgan fingerprint density at radius 3 is 2.83 bits per heavy atom. The topological polar surface area (TPSA) is 74.9 Å². The van der Waals surface area contributed by atoms with Gasteiger partial charge in [-0.3, -0.25) is 9.69 Å². The van der Waals surface area contributed by atoms with Gasteiger partial charge in [-0.1, -0.05) is 23.4 Å². The number of hydrogen-bond acceptors (Lipinski definition) is 7. The van der Waals surface area contributed by atoms with Crippen molar-refractivity contribution in [2.24, 2.45) is 0 Å². The number of amides is 1. The van der Waals surface area contributed by atoms with Crippen LogP contribution >= 0.6 is 0 Å². The van der Waals surface area contributed by atoms with Crippen molar-refractivity contribution in [3.05, 3.63) is 41.5 Å². The quantitative estimate of drug-likeness (QED) is 0.689. The van der Waals surface area contributed by atoms with Crippen molar-refractivity contribution in [3.8, 4) is 0 Å². The summed E-state index contributed by atoms with van der Waals surface area (Å²) in [5.74, 6) is 1.45. The van der Waals surface area contributed by atoms with Gasteiger partial charge in [-0.25, -0.2) is 0 Å². The number of para-hydroxylation sites is 1. The average Bonchev–Trinajstić information content (AvgIpc) is 3.35. The predicted molar refractivity (Wildman–Crippen MR) is 113 cm³/mol. The summed E-state index contributed by atoms with van der Waals surface area (Å²) in [6.45, 7) is 8.04. The molecular formula is C22H31N5O3. The molecule has 8 heteroatoms. The van der Waals surface area contributed by atoms with E-state index in [4.69, 9.17) is 9.26 Å². The Bertz CT molecular complexity index is 855. The number of fused-ring (bicyclic) bond motifs is 1. The molecule has 0 saturated carbocycles. The molecule has 0 aliphatic carbocycles. The zero-order valence-corrected chi connectivity index (χ0v) is 17.9. The molecule has 4 rings (SSSR count). The van der Waals surface area contributed by atoms with E-state index >= 15 is 0 Å². The van der Waals surface area contributed by atoms with Crippen molar-refractivity contribution < 1.29 is 14.1 Å². The number of benzene rings is 1. The number of nitrogens with zero attached hydrogens (tertiary/aromatic N) is 5. The second kappa shape index (κ2) is 9.68. The maximum Gasteiger partial charge on any atom is 0.240 e. The summed E-state index contributed by atoms with van der Waals surface area (Å²) in [7, 11) is 1.64. The second-order valence-corrected chi connectivity index (χ2v) is 8.07. The third-order valence-electron chi connectivity index (χ3n) is 6.07. The van der Waals surface area contributed by atoms with E-state index in [0.717, 1.165) is 57.8 Å². The van der Waals surface area contributed by atoms with Gasteiger partial charge < -0.3 is 19.1 Å². The van der Waals surface area contributed by atoms with Crippen molar-refractivity contribution in [1.82, 2.24) is 19.9 Å². The molecule has 3 heterocycles. The molecule has 1 fully saturated rings. The van der Waals surface area contributed by atoms with E-state index in [-0.39, 0.29) is 12.0 Å². The molecule has 0 bridgehead atoms. The van der Waals surface area contributed by atoms with Crippen LogP contribution in [-0.2, 0) is 22.5 Å². The Morgan fingerprint density at radius 2 is 1.97 bits per heavy atom. The van der Waals surface area contributed by atoms with E-state index < -0.39 is 0 Å². The molecule has 8 nitrogen and oxygen atoms in total. The number of aromatic nitrogens is 2. The predicted octanol–water partition coefficient (Wildman–Crippen LogP) is 2.26. The molecule has 2 aromatic rings. The van der Waals surface area contributed by atoms with Crippen molar-refractivity contribution in [2.75, 3.05) is 51.3 Å². The van der Waals surface area contributed by atoms with Crippen LogP contribution in [0.4, 0.5) is 5.69 Å². The number of methoxy groups -OCH3 is 1. The van der Waals surface area contributed by atoms with Crippen LogP contribution in [0, 0.1) is 0 Å². The summed E-state index contributed by atoms with van der Waals surface area (Å²) >= 11 is 0. The minimum absolute atomic E-state index is 0.165. The number of ether oxygens (including phenoxy) is 1. The lowest BCUT2D eigenvalue weighted by atomic mass is 10.2. The normalized spacial score (nSPS) is 18.9. The molecule has 0 N–H and O–H groups in total. The van der Waals surface area contributed by atoms with Gasteiger partial charge in [0.05, 0.1) is 6.54 Å². The molecule has 0 radical (unpaired) electrons. The molecule has 1 atom stereocenters. The smallest absolute Gasteiger partial charge is 0.240 e. The fraction of sp³-hybridized carbons (Fsp3) is 0.591. The van der Waals surface area contributed by atoms with Gasteiger partial charge in [-0.2, -0.15) is 4.98 Å². The van der Waals surface area contributed by atoms with Crippen LogP contribution in [0.3, 0.4) is 0 Å². The minimum atomic E-state index is -0.165. The van der Waals surface area contributed by atoms with Crippen molar-refractivity contribution in [3.63, 3.8) is 0 Å². The standard InChI is InChI=1S/C22H31N5O3/c1-17(29-2)22-23-20(30-24-22)16-26-11-5-10-25(14-15-26)12-9-21(28)27-13-8-18-6-3-4-7-19(18)27/h3-4,6-7,17H,5,8-16H2,1-2H3/t17-/m1/s1. The first-order valence-electron chi connectivity index (χ1n) is 10.8. The van der Waals surface area contributed by atoms with E-state index in [0.29, 0.717) is 24.7 Å². The minimum Gasteiger partial charge on any atom is -0.374 e. The SMILES string of the molecule is CO[C@H](C)c1noc(CN2CCCN(CCC(=O)N3CCc4ccccc43)CC2)n1. The summed E-state index contributed by atoms with van der Waals surface area (Å²) in [6.07, 6.45) is 2.43. The van der Waals surface area contributed by atoms with Crippen LogP contribution in [0.25, 0.3) is 0 Å². The van der Waals surface area contributed by atoms with Crippen LogP contribution in [0.2, 0.25) is 0 Å². The molecular weight excluding hydrogens is 382 g/mol. The van der Waals surface area contributed by atoms with E-state index in [1.807, 2.05) is 24.0 Å². The van der Waals surface area contributed by atoms with Crippen LogP contribution in [0.5, 0.6) is 0 Å². The van der Waals surface area contributed by atoms with Crippen molar-refractivity contribution in [2.45, 2.75) is 38.8 Å². The fourth-order valence-corrected chi connectivity index (χ4v) is 4.19. The molecule has 1 saturated heterocycles. The largest absolute Gasteiger partial charge is 0.374 e. The van der Waals surface area contributed by atoms with Gasteiger partial charge >= 0.3 is 0 Å². The Kier molecular flexibility index (Phi) is 6.76. The third kappa shape index (κ3) is 4.88. The number of carbonyl (C=O) groups excluding carboxylic acids is 1. The molecule has 0 spiro atoms. The van der Waals surface area contributed by atoms with Gasteiger partial charge in [-0.05, 0) is 44.5 Å². The van der Waals surface area contributed by atoms with E-state index in [1.54, 1.807) is 7.11 Å². The third-order valence-corrected chi connectivity index (χ3v) is 6.07. The molecule has 2 aliphatic rings. The first kappa shape index (κ1) is 21.0. The number of hydrogen-bond donors (Lipinski definition) is 0. The Morgan fingerprint density at radius 1 is 1.17 bits per heavy atom. The summed E-state index contributed by atoms with van der Waals surface area (Å²) in [6, 6.07) is 8.23. The van der Waals surface area contributed by atoms with Gasteiger partial charge in [-0.15, -0.1) is 0 Å². The molecule has 1 aromatic carbocycles. The van der Waals surface area contributed by atoms with Gasteiger partial charge in [0.2, 0.25) is 11.8 Å². The van der Waals surface area contributed by atoms with Crippen molar-refractivity contribution >= 4 is 11.6 Å². The molecule has 30 heavy (non-hydrogen) atoms. The molecule has 2 aliphatic heterocycles. The van der Waals surface area contributed by atoms with Crippen LogP contribution < -0.4 is 4.90 Å². The first-order valence-corrected chi connectivity index (χ1v) is 10.8. The molecule has 162 valence electrons. The Hall–Kier alpha value is -2.29. The highest BCUT2D eigenvalue weighted by Crippen LogP contribution is 2.27. The van der Waals surface area contributed by atoms with E-state index in [9.17, 15) is 4.79 Å². The monoisotopic (exact) mass is 413 g/mol. The van der Waals surface area contributed by atoms with Gasteiger partial charge in [0.1, 0.15) is 6.10 Å². The Balaban J connectivity index is 1.24. The number of carbonyl (C=O) groups is 1. The highest BCUT2D eigenvalue weighted by Gasteiger charge is 2.25. The highest BCUT2D eigenvalue weighted by atomic mass is 16.5. The zero-order chi connectivity index (χ0) is 20.9. The van der Waals surface area contributed by atoms with Crippen molar-refractivity contribution in [1.29, 1.82) is 0 Å². The summed E-state index contributed by atoms with van der Waals surface area (Å²) in [4.78, 5) is 23.9. The lowest BCUT2D eigenvalue weighted by Gasteiger charge is -2.23. The lowest BCUT2D eigenvalue weighted by molar-refractivity contribution is -0.118. The van der Waals surface area contributed by atoms with E-state index in [1.165, 1.54) is 5.56 Å². The summed E-state index contributed by atoms with van der Waals surface area (Å²) in [5.41, 5.74) is 2.37. The number of anilines is 1. The highest BCUT2D eigenvalue weighted by molar-refractivity contribution is 5.95. The van der Waals surface area contributed by atoms with Gasteiger partial charge in [0.15, 0.2) is 5.82 Å². The molecule has 1 amide bonds. The maximum absolute atomic E-state index is 12.8.